The van der Waals surface area contributed by atoms with E-state index in [1.165, 1.54) is 26.4 Å². The number of esters is 4. The molecule has 24 heteroatoms. The standard InChI is InChI=1S/4C24H38N2O4/c4*1-14(2)9-17-13-26-8-7-16-10-21(28-5)22(29-6)11-18(16)19(26)12-20(17)30-24(27)23(25)15(3)4/h4*10-11,14-15,17,19-20,23H,7-9,12-13,25H2,1-6H3/t4*17?,19?,20?,23-/m0000/s1/i2*1D3,3D3,4D3,5D3,7D2,8D2,9D2,10D,11D,13D2,14D,15D,17D,19D,20D,23D;1D3,3D3,4D3,7D2,8D2,9D2,10D,11D,13D2,14D,15D,17D,19D,20D,23D;1D3,3D3,4D3,9D2,12D2,13D2,14D,15D,17D,23D/t4*14?,17?,19?,20?,23-. The molecule has 24 nitrogen and oxygen atoms in total. The van der Waals surface area contributed by atoms with E-state index in [4.69, 9.17) is 189 Å². The monoisotopic (exact) mass is 1770 g/mol. The van der Waals surface area contributed by atoms with E-state index in [-0.39, 0.29) is 44.3 Å². The van der Waals surface area contributed by atoms with Crippen molar-refractivity contribution in [2.24, 2.45) is 93.7 Å². The van der Waals surface area contributed by atoms with E-state index in [1.807, 2.05) is 0 Å². The van der Waals surface area contributed by atoms with Crippen LogP contribution < -0.4 is 60.8 Å². The van der Waals surface area contributed by atoms with Crippen molar-refractivity contribution in [1.82, 2.24) is 19.6 Å². The van der Waals surface area contributed by atoms with Gasteiger partial charge < -0.3 is 79.8 Å². The predicted molar refractivity (Wildman–Crippen MR) is 471 cm³/mol. The number of carbonyl (C=O) groups excluding carboxylic acids is 4. The van der Waals surface area contributed by atoms with Gasteiger partial charge >= 0.3 is 23.9 Å². The van der Waals surface area contributed by atoms with Crippen molar-refractivity contribution in [3.05, 3.63) is 92.9 Å². The number of rotatable bonds is 28. The van der Waals surface area contributed by atoms with Crippen LogP contribution in [-0.4, -0.2) is 201 Å². The van der Waals surface area contributed by atoms with Gasteiger partial charge in [-0.2, -0.15) is 0 Å². The van der Waals surface area contributed by atoms with Gasteiger partial charge in [-0.05, 0) is 191 Å². The summed E-state index contributed by atoms with van der Waals surface area (Å²) >= 11 is 0. The van der Waals surface area contributed by atoms with Gasteiger partial charge in [0.25, 0.3) is 0 Å². The highest BCUT2D eigenvalue weighted by molar-refractivity contribution is 5.77. The summed E-state index contributed by atoms with van der Waals surface area (Å²) < 4.78 is 904. The number of ether oxygens (including phenoxy) is 12. The molecule has 8 aliphatic heterocycles. The molecule has 0 spiro atoms. The molecule has 8 heterocycles. The van der Waals surface area contributed by atoms with Crippen LogP contribution >= 0.6 is 0 Å². The number of piperidine rings is 4. The first-order valence-corrected chi connectivity index (χ1v) is 34.2. The number of carbonyl (C=O) groups is 4. The van der Waals surface area contributed by atoms with E-state index < -0.39 is 505 Å². The number of fused-ring (bicyclic) bond motifs is 12. The second-order valence-electron chi connectivity index (χ2n) is 24.9. The van der Waals surface area contributed by atoms with Crippen LogP contribution in [0.5, 0.6) is 46.0 Å². The fraction of sp³-hybridized carbons (Fsp3) is 0.708. The van der Waals surface area contributed by atoms with Crippen LogP contribution in [0.25, 0.3) is 0 Å². The fourth-order valence-electron chi connectivity index (χ4n) is 11.2. The summed E-state index contributed by atoms with van der Waals surface area (Å²) in [5.41, 5.74) is 14.6. The molecule has 4 aromatic rings. The third kappa shape index (κ3) is 23.8. The maximum atomic E-state index is 14.0. The Morgan fingerprint density at radius 3 is 1.05 bits per heavy atom. The molecule has 8 N–H and O–H groups in total. The topological polar surface area (TPSA) is 296 Å². The van der Waals surface area contributed by atoms with E-state index in [1.54, 1.807) is 0 Å². The summed E-state index contributed by atoms with van der Waals surface area (Å²) in [5, 5.41) is 0. The maximum absolute atomic E-state index is 14.0. The summed E-state index contributed by atoms with van der Waals surface area (Å²) in [5.74, 6) is -67.4. The highest BCUT2D eigenvalue weighted by atomic mass is 16.6. The van der Waals surface area contributed by atoms with Crippen molar-refractivity contribution in [1.29, 1.82) is 0 Å². The van der Waals surface area contributed by atoms with Crippen molar-refractivity contribution >= 4 is 23.9 Å². The quantitative estimate of drug-likeness (QED) is 0.0303. The number of hydrogen-bond donors (Lipinski definition) is 4. The maximum Gasteiger partial charge on any atom is 0.323 e. The molecular weight excluding hydrogens is 1520 g/mol. The Morgan fingerprint density at radius 2 is 0.725 bits per heavy atom. The van der Waals surface area contributed by atoms with Crippen molar-refractivity contribution < 1.29 is 213 Å². The largest absolute Gasteiger partial charge is 0.493 e. The third-order valence-electron chi connectivity index (χ3n) is 16.7. The van der Waals surface area contributed by atoms with Crippen LogP contribution in [0.4, 0.5) is 0 Å². The Hall–Kier alpha value is -7.16. The summed E-state index contributed by atoms with van der Waals surface area (Å²) in [7, 11) is -1.05. The Labute approximate surface area is 859 Å². The van der Waals surface area contributed by atoms with Gasteiger partial charge in [0.05, 0.1) is 86.9 Å². The Balaban J connectivity index is 0.000000316. The van der Waals surface area contributed by atoms with E-state index in [0.29, 0.717) is 17.4 Å². The van der Waals surface area contributed by atoms with Crippen LogP contribution in [0.3, 0.4) is 0 Å². The zero-order valence-electron chi connectivity index (χ0n) is 165. The van der Waals surface area contributed by atoms with Gasteiger partial charge in [-0.25, -0.2) is 0 Å². The number of benzene rings is 4. The Bertz CT molecular complexity index is 8510. The molecule has 672 valence electrons. The van der Waals surface area contributed by atoms with Gasteiger partial charge in [0.2, 0.25) is 0 Å². The minimum Gasteiger partial charge on any atom is -0.493 e. The first-order valence-electron chi connectivity index (χ1n) is 84.2. The van der Waals surface area contributed by atoms with E-state index >= 15 is 0 Å². The number of nitrogens with two attached hydrogens (primary N) is 4. The highest BCUT2D eigenvalue weighted by Gasteiger charge is 2.47. The van der Waals surface area contributed by atoms with Crippen molar-refractivity contribution in [3.8, 4) is 46.0 Å². The number of nitrogens with zero attached hydrogens (tertiary/aromatic N) is 4. The lowest BCUT2D eigenvalue weighted by Crippen LogP contribution is -2.51. The van der Waals surface area contributed by atoms with Crippen LogP contribution in [-0.2, 0) is 63.7 Å². The molecule has 0 amide bonds. The first kappa shape index (κ1) is 28.9. The average molecular weight is 1770 g/mol. The smallest absolute Gasteiger partial charge is 0.323 e. The zero-order chi connectivity index (χ0) is 175. The average Bonchev–Trinajstić information content (AvgIpc) is 0.640. The molecule has 4 saturated heterocycles. The van der Waals surface area contributed by atoms with Crippen molar-refractivity contribution in [2.45, 2.75) is 259 Å². The number of hydrogen-bond acceptors (Lipinski definition) is 24. The summed E-state index contributed by atoms with van der Waals surface area (Å²) in [6.45, 7) is -78.1. The molecule has 120 heavy (non-hydrogen) atoms. The molecule has 20 atom stereocenters. The van der Waals surface area contributed by atoms with Gasteiger partial charge in [-0.3, -0.25) is 38.8 Å². The molecule has 0 radical (unpaired) electrons. The van der Waals surface area contributed by atoms with Crippen molar-refractivity contribution in [2.75, 3.05) is 109 Å². The van der Waals surface area contributed by atoms with Crippen molar-refractivity contribution in [3.63, 3.8) is 0 Å². The van der Waals surface area contributed by atoms with Gasteiger partial charge in [-0.1, -0.05) is 110 Å². The summed E-state index contributed by atoms with van der Waals surface area (Å²) in [6, 6.07) is -35.9. The second-order valence-corrected chi connectivity index (χ2v) is 24.9. The highest BCUT2D eigenvalue weighted by Crippen LogP contribution is 2.50. The van der Waals surface area contributed by atoms with Gasteiger partial charge in [0, 0.05) is 232 Å². The molecule has 4 aromatic carbocycles. The van der Waals surface area contributed by atoms with E-state index in [0.717, 1.165) is 28.4 Å². The lowest BCUT2D eigenvalue weighted by atomic mass is 9.79. The van der Waals surface area contributed by atoms with Gasteiger partial charge in [0.1, 0.15) is 48.4 Å². The SMILES string of the molecule is [2H]C1([2H])C2c3cc(OC)c(OC)cc3CCN2C([2H])([2H])C([2H])(C([2H])([2H])C([2H])(C)C([2H])([2H])[2H])C1OC(=O)[C@@]([2H])(N)C([2H])(C([2H])([2H])[2H])C([2H])([2H])[2H].[2H]c1c(OC)c(OC([2H])([2H])[2H])c([2H])c2c1C1([2H])CC([2H])(OC(=O)[C@@]([2H])(N)C([2H])(C([2H])([2H])[2H])C([2H])([2H])[2H])C([2H])(C([2H])([2H])C([2H])(C)C([2H])([2H])[2H])C([2H])([2H])N1C([2H])([2H])C2([2H])[2H].[2H]c1c(OC)c(OC([2H])([2H])[2H])c([2H])c2c1C1([2H])CC([2H])(OC(=O)[C@@]([2H])(N)C([2H])(C([2H])([2H])[2H])C([2H])([2H])[2H])C([2H])(C([2H])([2H])C([2H])(C)C([2H])([2H])[2H])C([2H])([2H])N1C([2H])([2H])C2([2H])[2H].[2H]c1c(OC)c(OC)c([2H])c2c1C1([2H])CC([2H])(OC(=O)[C@@]([2H])(N)C([2H])(C([2H])([2H])[2H])C([2H])([2H])[2H])C([2H])(C([2H])([2H])C([2H])(C)C([2H])([2H])[2H])C([2H])([2H])N1C([2H])([2H])C2([2H])[2H]. The molecule has 0 saturated carbocycles. The first-order chi connectivity index (χ1) is 95.6. The Morgan fingerprint density at radius 1 is 0.417 bits per heavy atom. The van der Waals surface area contributed by atoms with Crippen LogP contribution in [0, 0.1) is 70.7 Å². The second kappa shape index (κ2) is 43.9. The normalized spacial score (nSPS) is 53.2. The fourth-order valence-corrected chi connectivity index (χ4v) is 11.2. The predicted octanol–water partition coefficient (Wildman–Crippen LogP) is 14.3. The third-order valence-corrected chi connectivity index (χ3v) is 16.7. The minimum atomic E-state index is -4.75. The van der Waals surface area contributed by atoms with Gasteiger partial charge in [-0.15, -0.1) is 0 Å². The van der Waals surface area contributed by atoms with E-state index in [2.05, 4.69) is 0 Å². The molecule has 0 aliphatic carbocycles. The summed E-state index contributed by atoms with van der Waals surface area (Å²) in [4.78, 5) is 54.7. The molecule has 0 bridgehead atoms. The lowest BCUT2D eigenvalue weighted by molar-refractivity contribution is -0.161. The summed E-state index contributed by atoms with van der Waals surface area (Å²) in [6.07, 6.45) is -55.8. The zero-order valence-corrected chi connectivity index (χ0v) is 65.0. The molecule has 12 rings (SSSR count). The van der Waals surface area contributed by atoms with Crippen LogP contribution in [0.2, 0.25) is 0 Å². The minimum absolute atomic E-state index is 0.0219. The molecule has 0 aromatic heterocycles. The Kier molecular flexibility index (Phi) is 10.6. The molecule has 8 aliphatic rings. The molecule has 16 unspecified atom stereocenters. The molecule has 4 fully saturated rings. The molecular formula is C96H152N8O16. The van der Waals surface area contributed by atoms with Crippen LogP contribution in [0.1, 0.15) is 367 Å². The van der Waals surface area contributed by atoms with Crippen LogP contribution in [0.15, 0.2) is 48.4 Å². The lowest BCUT2D eigenvalue weighted by Gasteiger charge is -2.47. The van der Waals surface area contributed by atoms with E-state index in [9.17, 15) is 46.6 Å². The van der Waals surface area contributed by atoms with Gasteiger partial charge in [0.15, 0.2) is 46.0 Å². The number of methoxy groups -OCH3 is 8.